The molecule has 9 nitrogen and oxygen atoms in total. The zero-order valence-electron chi connectivity index (χ0n) is 51.9. The Morgan fingerprint density at radius 2 is 0.513 bits per heavy atom. The molecule has 76 heavy (non-hydrogen) atoms. The summed E-state index contributed by atoms with van der Waals surface area (Å²) in [5.74, 6) is 3.35. The second-order valence-electron chi connectivity index (χ2n) is 24.0. The molecular weight excluding hydrogens is 987 g/mol. The average molecular weight is 1110 g/mol. The number of carbonyl (C=O) groups excluding carboxylic acids is 6. The van der Waals surface area contributed by atoms with E-state index in [2.05, 4.69) is 97.8 Å². The van der Waals surface area contributed by atoms with E-state index in [1.54, 1.807) is 0 Å². The third kappa shape index (κ3) is 28.9. The molecule has 0 aromatic heterocycles. The Balaban J connectivity index is 0.00000110. The molecule has 9 atom stereocenters. The number of nitrogens with zero attached hydrogens (tertiary/aromatic N) is 3. The minimum Gasteiger partial charge on any atom is -0.342 e. The maximum absolute atomic E-state index is 13.1. The van der Waals surface area contributed by atoms with Crippen LogP contribution in [-0.2, 0) is 45.8 Å². The zero-order chi connectivity index (χ0) is 56.0. The molecule has 0 heterocycles. The molecule has 0 spiro atoms. The van der Waals surface area contributed by atoms with Gasteiger partial charge in [-0.25, -0.2) is 0 Å². The molecule has 0 bridgehead atoms. The maximum Gasteiger partial charge on any atom is 0.233 e. The van der Waals surface area contributed by atoms with E-state index in [4.69, 9.17) is 0 Å². The second kappa shape index (κ2) is 45.6. The van der Waals surface area contributed by atoms with Crippen LogP contribution in [0.1, 0.15) is 295 Å². The summed E-state index contributed by atoms with van der Waals surface area (Å²) in [6.07, 6.45) is 35.3. The first-order valence-corrected chi connectivity index (χ1v) is 32.6. The second-order valence-corrected chi connectivity index (χ2v) is 24.0. The molecule has 0 saturated heterocycles. The van der Waals surface area contributed by atoms with Crippen LogP contribution in [-0.4, -0.2) is 89.0 Å². The van der Waals surface area contributed by atoms with Crippen molar-refractivity contribution in [3.8, 4) is 0 Å². The summed E-state index contributed by atoms with van der Waals surface area (Å²) < 4.78 is 0. The summed E-state index contributed by atoms with van der Waals surface area (Å²) in [5, 5.41) is 0. The molecule has 0 N–H and O–H groups in total. The molecule has 0 aliphatic heterocycles. The van der Waals surface area contributed by atoms with Crippen LogP contribution >= 0.6 is 0 Å². The van der Waals surface area contributed by atoms with Gasteiger partial charge >= 0.3 is 0 Å². The normalized spacial score (nSPS) is 19.6. The van der Waals surface area contributed by atoms with E-state index in [9.17, 15) is 28.8 Å². The number of hydrogen-bond acceptors (Lipinski definition) is 6. The van der Waals surface area contributed by atoms with E-state index in [-0.39, 0.29) is 69.9 Å². The summed E-state index contributed by atoms with van der Waals surface area (Å²) in [6.45, 7) is 31.9. The van der Waals surface area contributed by atoms with E-state index in [1.807, 2.05) is 0 Å². The summed E-state index contributed by atoms with van der Waals surface area (Å²) in [4.78, 5) is 82.0. The van der Waals surface area contributed by atoms with E-state index in [0.29, 0.717) is 54.8 Å². The van der Waals surface area contributed by atoms with Crippen LogP contribution in [0.5, 0.6) is 0 Å². The largest absolute Gasteiger partial charge is 0.342 e. The Morgan fingerprint density at radius 1 is 0.342 bits per heavy atom. The van der Waals surface area contributed by atoms with Crippen molar-refractivity contribution in [2.24, 2.45) is 53.3 Å². The zero-order valence-corrected chi connectivity index (χ0v) is 53.0. The molecule has 0 aromatic rings. The van der Waals surface area contributed by atoms with Crippen molar-refractivity contribution in [1.29, 1.82) is 0 Å². The molecule has 0 radical (unpaired) electrons. The minimum atomic E-state index is -0.340. The van der Waals surface area contributed by atoms with Gasteiger partial charge in [0.15, 0.2) is 0 Å². The molecule has 3 aliphatic rings. The first kappa shape index (κ1) is 73.9. The van der Waals surface area contributed by atoms with Gasteiger partial charge in [0.2, 0.25) is 17.7 Å². The Labute approximate surface area is 480 Å². The molecule has 0 aromatic carbocycles. The van der Waals surface area contributed by atoms with Crippen molar-refractivity contribution >= 4 is 35.1 Å². The molecule has 9 unspecified atom stereocenters. The smallest absolute Gasteiger partial charge is 0.233 e. The standard InChI is InChI=1S/3C22H41NO2.Fe/c3*1-5-9-12-18(7-3)16-23(17-19(8-4)13-10-6-2)22(25)20-14-11-15-21(20)24;/h3*18-20H,5-17H2,1-4H3;. The number of unbranched alkanes of at least 4 members (excludes halogenated alkanes) is 6. The third-order valence-electron chi connectivity index (χ3n) is 17.9. The van der Waals surface area contributed by atoms with E-state index in [1.165, 1.54) is 116 Å². The molecule has 3 fully saturated rings. The van der Waals surface area contributed by atoms with Crippen LogP contribution in [0.15, 0.2) is 0 Å². The number of amides is 3. The number of carbonyl (C=O) groups is 6. The number of rotatable bonds is 39. The van der Waals surface area contributed by atoms with Crippen LogP contribution in [0.3, 0.4) is 0 Å². The van der Waals surface area contributed by atoms with Gasteiger partial charge in [0.05, 0.1) is 17.8 Å². The van der Waals surface area contributed by atoms with Crippen LogP contribution in [0, 0.1) is 53.3 Å². The van der Waals surface area contributed by atoms with Gasteiger partial charge < -0.3 is 14.7 Å². The van der Waals surface area contributed by atoms with Gasteiger partial charge in [0.1, 0.15) is 17.3 Å². The molecule has 3 saturated carbocycles. The maximum atomic E-state index is 13.1. The van der Waals surface area contributed by atoms with Gasteiger partial charge in [0, 0.05) is 75.6 Å². The topological polar surface area (TPSA) is 112 Å². The van der Waals surface area contributed by atoms with Crippen molar-refractivity contribution in [3.05, 3.63) is 0 Å². The van der Waals surface area contributed by atoms with Crippen molar-refractivity contribution in [1.82, 2.24) is 14.7 Å². The SMILES string of the molecule is CCCCC(CC)CN(CC(CC)CCCC)C(=O)C1CCCC1=O.CCCCC(CC)CN(CC(CC)CCCC)C(=O)C1CCCC1=O.CCCCC(CC)CN(CC(CC)CCCC)C(=O)C1CCCC1=O.[Fe]. The Hall–Kier alpha value is -2.06. The summed E-state index contributed by atoms with van der Waals surface area (Å²) in [7, 11) is 0. The molecule has 10 heteroatoms. The van der Waals surface area contributed by atoms with Gasteiger partial charge in [-0.2, -0.15) is 0 Å². The predicted molar refractivity (Wildman–Crippen MR) is 317 cm³/mol. The fourth-order valence-electron chi connectivity index (χ4n) is 12.0. The Kier molecular flexibility index (Phi) is 44.4. The van der Waals surface area contributed by atoms with Crippen molar-refractivity contribution in [2.75, 3.05) is 39.3 Å². The molecule has 3 amide bonds. The molecule has 3 rings (SSSR count). The first-order valence-electron chi connectivity index (χ1n) is 32.6. The van der Waals surface area contributed by atoms with Gasteiger partial charge in [-0.3, -0.25) is 28.8 Å². The molecular formula is C66H123FeN3O6. The number of hydrogen-bond donors (Lipinski definition) is 0. The van der Waals surface area contributed by atoms with Crippen LogP contribution < -0.4 is 0 Å². The summed E-state index contributed by atoms with van der Waals surface area (Å²) in [6, 6.07) is 0. The molecule has 3 aliphatic carbocycles. The van der Waals surface area contributed by atoms with Crippen LogP contribution in [0.25, 0.3) is 0 Å². The Bertz CT molecular complexity index is 1310. The third-order valence-corrected chi connectivity index (χ3v) is 17.9. The summed E-state index contributed by atoms with van der Waals surface area (Å²) in [5.41, 5.74) is 0. The van der Waals surface area contributed by atoms with E-state index in [0.717, 1.165) is 116 Å². The minimum absolute atomic E-state index is 0. The number of ketones is 3. The van der Waals surface area contributed by atoms with Crippen molar-refractivity contribution in [3.63, 3.8) is 0 Å². The monoisotopic (exact) mass is 1110 g/mol. The number of Topliss-reactive ketones (excluding diaryl/α,β-unsaturated/α-hetero) is 3. The fourth-order valence-corrected chi connectivity index (χ4v) is 12.0. The van der Waals surface area contributed by atoms with E-state index < -0.39 is 0 Å². The Morgan fingerprint density at radius 3 is 0.632 bits per heavy atom. The fraction of sp³-hybridized carbons (Fsp3) is 0.909. The molecule has 446 valence electrons. The predicted octanol–water partition coefficient (Wildman–Crippen LogP) is 16.8. The van der Waals surface area contributed by atoms with Gasteiger partial charge in [-0.05, 0) is 113 Å². The van der Waals surface area contributed by atoms with Gasteiger partial charge in [0.25, 0.3) is 0 Å². The summed E-state index contributed by atoms with van der Waals surface area (Å²) >= 11 is 0. The van der Waals surface area contributed by atoms with Gasteiger partial charge in [-0.1, -0.05) is 199 Å². The van der Waals surface area contributed by atoms with Crippen molar-refractivity contribution < 1.29 is 45.8 Å². The van der Waals surface area contributed by atoms with Crippen LogP contribution in [0.4, 0.5) is 0 Å². The quantitative estimate of drug-likeness (QED) is 0.0448. The van der Waals surface area contributed by atoms with Crippen molar-refractivity contribution in [2.45, 2.75) is 295 Å². The van der Waals surface area contributed by atoms with Crippen LogP contribution in [0.2, 0.25) is 0 Å². The first-order chi connectivity index (χ1) is 36.2. The van der Waals surface area contributed by atoms with Gasteiger partial charge in [-0.15, -0.1) is 0 Å². The van der Waals surface area contributed by atoms with E-state index >= 15 is 0 Å². The average Bonchev–Trinajstić information content (AvgIpc) is 4.19.